The molecule has 0 aliphatic heterocycles. The molecule has 0 spiro atoms. The molecule has 8 heteroatoms. The van der Waals surface area contributed by atoms with Gasteiger partial charge in [0.25, 0.3) is 0 Å². The number of imidazole rings is 1. The smallest absolute Gasteiger partial charge is 0.336 e. The highest BCUT2D eigenvalue weighted by molar-refractivity contribution is 9.10. The van der Waals surface area contributed by atoms with Gasteiger partial charge in [0.1, 0.15) is 17.3 Å². The highest BCUT2D eigenvalue weighted by atomic mass is 79.9. The Balaban J connectivity index is 1.27. The first-order chi connectivity index (χ1) is 19.3. The molecule has 1 aromatic heterocycles. The Labute approximate surface area is 250 Å². The maximum atomic E-state index is 11.2. The highest BCUT2D eigenvalue weighted by Crippen LogP contribution is 2.31. The van der Waals surface area contributed by atoms with Crippen molar-refractivity contribution in [1.29, 1.82) is 0 Å². The molecular formula is C32H23BrCl2N2O3. The minimum Gasteiger partial charge on any atom is -0.478 e. The van der Waals surface area contributed by atoms with Crippen molar-refractivity contribution in [2.24, 2.45) is 0 Å². The molecule has 40 heavy (non-hydrogen) atoms. The molecule has 1 heterocycles. The van der Waals surface area contributed by atoms with Crippen molar-refractivity contribution in [3.63, 3.8) is 0 Å². The number of aryl methyl sites for hydroxylation is 1. The monoisotopic (exact) mass is 632 g/mol. The van der Waals surface area contributed by atoms with E-state index in [2.05, 4.69) is 51.7 Å². The number of carboxylic acid groups (broad SMARTS) is 1. The van der Waals surface area contributed by atoms with Crippen molar-refractivity contribution in [2.75, 3.05) is 0 Å². The molecule has 0 radical (unpaired) electrons. The molecule has 0 saturated carbocycles. The maximum absolute atomic E-state index is 11.2. The number of aromatic nitrogens is 2. The van der Waals surface area contributed by atoms with Gasteiger partial charge in [-0.2, -0.15) is 0 Å². The lowest BCUT2D eigenvalue weighted by molar-refractivity contribution is 0.0696. The number of nitrogens with zero attached hydrogens (tertiary/aromatic N) is 2. The predicted molar refractivity (Wildman–Crippen MR) is 165 cm³/mol. The third-order valence-corrected chi connectivity index (χ3v) is 7.49. The molecule has 5 nitrogen and oxygen atoms in total. The Morgan fingerprint density at radius 1 is 0.925 bits per heavy atom. The lowest BCUT2D eigenvalue weighted by Crippen LogP contribution is -1.97. The number of carboxylic acids is 1. The van der Waals surface area contributed by atoms with Crippen LogP contribution in [0.5, 0.6) is 11.5 Å². The molecule has 0 bridgehead atoms. The topological polar surface area (TPSA) is 64.4 Å². The largest absolute Gasteiger partial charge is 0.478 e. The second-order valence-electron chi connectivity index (χ2n) is 8.92. The van der Waals surface area contributed by atoms with Crippen LogP contribution in [0.1, 0.15) is 28.7 Å². The Bertz CT molecular complexity index is 1710. The van der Waals surface area contributed by atoms with Gasteiger partial charge >= 0.3 is 5.97 Å². The third kappa shape index (κ3) is 6.31. The van der Waals surface area contributed by atoms with Gasteiger partial charge in [-0.25, -0.2) is 9.78 Å². The van der Waals surface area contributed by atoms with E-state index < -0.39 is 5.97 Å². The van der Waals surface area contributed by atoms with Crippen LogP contribution in [0.3, 0.4) is 0 Å². The fourth-order valence-electron chi connectivity index (χ4n) is 4.19. The van der Waals surface area contributed by atoms with E-state index in [9.17, 15) is 9.90 Å². The molecule has 0 atom stereocenters. The fraction of sp³-hybridized carbons (Fsp3) is 0.0625. The van der Waals surface area contributed by atoms with E-state index in [0.29, 0.717) is 26.0 Å². The van der Waals surface area contributed by atoms with Crippen LogP contribution in [0, 0.1) is 0 Å². The van der Waals surface area contributed by atoms with Gasteiger partial charge in [0.05, 0.1) is 16.3 Å². The number of hydrogen-bond donors (Lipinski definition) is 1. The lowest BCUT2D eigenvalue weighted by Gasteiger charge is -2.09. The SMILES string of the molecule is CCn1cc(-c2ccc(Cl)cc2Cl)nc1C=Cc1ccc(-c2ccc(Oc3ccc(C(=O)O)c(Br)c3)cc2)cc1. The first kappa shape index (κ1) is 27.7. The van der Waals surface area contributed by atoms with Crippen LogP contribution < -0.4 is 4.74 Å². The Morgan fingerprint density at radius 3 is 2.23 bits per heavy atom. The van der Waals surface area contributed by atoms with Crippen LogP contribution in [0.4, 0.5) is 0 Å². The number of carbonyl (C=O) groups is 1. The predicted octanol–water partition coefficient (Wildman–Crippen LogP) is 9.97. The maximum Gasteiger partial charge on any atom is 0.336 e. The molecule has 0 amide bonds. The second-order valence-corrected chi connectivity index (χ2v) is 10.6. The van der Waals surface area contributed by atoms with Crippen LogP contribution in [0.2, 0.25) is 10.0 Å². The average Bonchev–Trinajstić information content (AvgIpc) is 3.35. The average molecular weight is 634 g/mol. The van der Waals surface area contributed by atoms with Gasteiger partial charge in [-0.1, -0.05) is 65.7 Å². The Kier molecular flexibility index (Phi) is 8.40. The van der Waals surface area contributed by atoms with Gasteiger partial charge < -0.3 is 14.4 Å². The molecule has 0 aliphatic carbocycles. The number of hydrogen-bond acceptors (Lipinski definition) is 3. The Morgan fingerprint density at radius 2 is 1.60 bits per heavy atom. The third-order valence-electron chi connectivity index (χ3n) is 6.29. The summed E-state index contributed by atoms with van der Waals surface area (Å²) >= 11 is 15.7. The number of benzene rings is 4. The van der Waals surface area contributed by atoms with E-state index in [4.69, 9.17) is 32.9 Å². The van der Waals surface area contributed by atoms with Crippen LogP contribution in [-0.4, -0.2) is 20.6 Å². The van der Waals surface area contributed by atoms with Gasteiger partial charge in [0.15, 0.2) is 0 Å². The molecule has 0 saturated heterocycles. The van der Waals surface area contributed by atoms with Crippen molar-refractivity contribution >= 4 is 57.3 Å². The molecular weight excluding hydrogens is 611 g/mol. The van der Waals surface area contributed by atoms with Crippen LogP contribution in [-0.2, 0) is 6.54 Å². The van der Waals surface area contributed by atoms with E-state index in [1.165, 1.54) is 6.07 Å². The molecule has 5 rings (SSSR count). The number of halogens is 3. The zero-order chi connectivity index (χ0) is 28.2. The molecule has 4 aromatic carbocycles. The molecule has 0 aliphatic rings. The summed E-state index contributed by atoms with van der Waals surface area (Å²) < 4.78 is 8.43. The van der Waals surface area contributed by atoms with Gasteiger partial charge in [-0.3, -0.25) is 0 Å². The molecule has 0 fully saturated rings. The summed E-state index contributed by atoms with van der Waals surface area (Å²) in [6, 6.07) is 26.2. The van der Waals surface area contributed by atoms with Gasteiger partial charge in [-0.05, 0) is 94.2 Å². The summed E-state index contributed by atoms with van der Waals surface area (Å²) in [5.74, 6) is 1.05. The van der Waals surface area contributed by atoms with Crippen molar-refractivity contribution in [3.8, 4) is 33.9 Å². The molecule has 1 N–H and O–H groups in total. The van der Waals surface area contributed by atoms with E-state index in [-0.39, 0.29) is 5.56 Å². The standard InChI is InChI=1S/C32H23BrCl2N2O3/c1-2-37-19-30(27-14-10-23(34)17-29(27)35)36-31(37)16-5-20-3-6-21(7-4-20)22-8-11-24(12-9-22)40-25-13-15-26(32(38)39)28(33)18-25/h3-19H,2H2,1H3,(H,38,39). The lowest BCUT2D eigenvalue weighted by atomic mass is 10.0. The summed E-state index contributed by atoms with van der Waals surface area (Å²) in [5, 5.41) is 10.3. The van der Waals surface area contributed by atoms with Crippen LogP contribution in [0.25, 0.3) is 34.5 Å². The number of ether oxygens (including phenoxy) is 1. The zero-order valence-corrected chi connectivity index (χ0v) is 24.4. The van der Waals surface area contributed by atoms with E-state index >= 15 is 0 Å². The summed E-state index contributed by atoms with van der Waals surface area (Å²) in [4.78, 5) is 16.0. The van der Waals surface area contributed by atoms with Crippen molar-refractivity contribution in [1.82, 2.24) is 9.55 Å². The van der Waals surface area contributed by atoms with E-state index in [1.54, 1.807) is 18.2 Å². The normalized spacial score (nSPS) is 11.2. The van der Waals surface area contributed by atoms with Gasteiger partial charge in [0.2, 0.25) is 0 Å². The van der Waals surface area contributed by atoms with Crippen molar-refractivity contribution in [2.45, 2.75) is 13.5 Å². The first-order valence-electron chi connectivity index (χ1n) is 12.4. The first-order valence-corrected chi connectivity index (χ1v) is 14.0. The quantitative estimate of drug-likeness (QED) is 0.185. The number of rotatable bonds is 8. The van der Waals surface area contributed by atoms with Gasteiger partial charge in [0, 0.05) is 27.8 Å². The van der Waals surface area contributed by atoms with Crippen molar-refractivity contribution < 1.29 is 14.6 Å². The van der Waals surface area contributed by atoms with Crippen LogP contribution >= 0.6 is 39.1 Å². The number of aromatic carboxylic acids is 1. The van der Waals surface area contributed by atoms with E-state index in [0.717, 1.165) is 40.3 Å². The van der Waals surface area contributed by atoms with Gasteiger partial charge in [-0.15, -0.1) is 0 Å². The van der Waals surface area contributed by atoms with Crippen molar-refractivity contribution in [3.05, 3.63) is 123 Å². The second kappa shape index (κ2) is 12.1. The minimum atomic E-state index is -0.995. The molecule has 5 aromatic rings. The molecule has 0 unspecified atom stereocenters. The summed E-state index contributed by atoms with van der Waals surface area (Å²) in [6.45, 7) is 2.85. The summed E-state index contributed by atoms with van der Waals surface area (Å²) in [7, 11) is 0. The summed E-state index contributed by atoms with van der Waals surface area (Å²) in [5.41, 5.74) is 5.01. The minimum absolute atomic E-state index is 0.184. The van der Waals surface area contributed by atoms with Crippen LogP contribution in [0.15, 0.2) is 95.6 Å². The fourth-order valence-corrected chi connectivity index (χ4v) is 5.22. The zero-order valence-electron chi connectivity index (χ0n) is 21.3. The highest BCUT2D eigenvalue weighted by Gasteiger charge is 2.11. The summed E-state index contributed by atoms with van der Waals surface area (Å²) in [6.07, 6.45) is 6.03. The molecule has 200 valence electrons. The Hall–Kier alpha value is -3.84. The van der Waals surface area contributed by atoms with E-state index in [1.807, 2.05) is 54.7 Å².